The van der Waals surface area contributed by atoms with Crippen LogP contribution in [-0.4, -0.2) is 33.7 Å². The van der Waals surface area contributed by atoms with Gasteiger partial charge in [0.25, 0.3) is 0 Å². The highest BCUT2D eigenvalue weighted by Crippen LogP contribution is 2.31. The number of hydrogen-bond acceptors (Lipinski definition) is 7. The number of amides is 1. The van der Waals surface area contributed by atoms with E-state index in [-0.39, 0.29) is 5.91 Å². The van der Waals surface area contributed by atoms with Crippen molar-refractivity contribution in [2.24, 2.45) is 11.5 Å². The Morgan fingerprint density at radius 2 is 2.00 bits per heavy atom. The second-order valence-corrected chi connectivity index (χ2v) is 8.99. The Morgan fingerprint density at radius 1 is 1.21 bits per heavy atom. The van der Waals surface area contributed by atoms with E-state index in [0.717, 1.165) is 52.1 Å². The van der Waals surface area contributed by atoms with Crippen molar-refractivity contribution in [2.75, 3.05) is 16.8 Å². The number of carbonyl (C=O) groups excluding carboxylic acids is 1. The van der Waals surface area contributed by atoms with Crippen LogP contribution in [0.4, 0.5) is 11.5 Å². The summed E-state index contributed by atoms with van der Waals surface area (Å²) in [6, 6.07) is 9.89. The molecule has 1 amide bonds. The molecule has 0 atom stereocenters. The van der Waals surface area contributed by atoms with Crippen LogP contribution in [0.2, 0.25) is 0 Å². The Hall–Kier alpha value is -3.78. The zero-order valence-corrected chi connectivity index (χ0v) is 19.1. The molecule has 33 heavy (non-hydrogen) atoms. The Balaban J connectivity index is 1.69. The monoisotopic (exact) mass is 443 g/mol. The molecule has 1 aliphatic heterocycles. The maximum atomic E-state index is 12.3. The van der Waals surface area contributed by atoms with E-state index < -0.39 is 5.54 Å². The number of nitrogens with two attached hydrogens (primary N) is 2. The quantitative estimate of drug-likeness (QED) is 0.448. The lowest BCUT2D eigenvalue weighted by atomic mass is 9.97. The summed E-state index contributed by atoms with van der Waals surface area (Å²) in [5.41, 5.74) is 16.5. The fourth-order valence-corrected chi connectivity index (χ4v) is 4.04. The summed E-state index contributed by atoms with van der Waals surface area (Å²) in [5.74, 6) is 0.603. The normalized spacial score (nSPS) is 13.9. The highest BCUT2D eigenvalue weighted by Gasteiger charge is 2.24. The Bertz CT molecular complexity index is 1270. The molecule has 0 radical (unpaired) electrons. The zero-order valence-electron chi connectivity index (χ0n) is 19.1. The molecule has 3 aromatic rings. The van der Waals surface area contributed by atoms with Crippen molar-refractivity contribution in [1.82, 2.24) is 9.97 Å². The van der Waals surface area contributed by atoms with Gasteiger partial charge in [0.05, 0.1) is 16.8 Å². The molecular weight excluding hydrogens is 414 g/mol. The van der Waals surface area contributed by atoms with Crippen molar-refractivity contribution in [3.8, 4) is 0 Å². The molecule has 4 rings (SSSR count). The van der Waals surface area contributed by atoms with E-state index in [2.05, 4.69) is 26.3 Å². The SMILES string of the molecule is Cc1cc(C(=N)/C=C\N)cc2c(N3CCc4ccc(NC(=O)C(C)(C)N)cc4C3)ncnc12. The van der Waals surface area contributed by atoms with Crippen molar-refractivity contribution >= 4 is 34.0 Å². The van der Waals surface area contributed by atoms with E-state index in [4.69, 9.17) is 16.9 Å². The number of hydrogen-bond donors (Lipinski definition) is 4. The molecule has 2 heterocycles. The smallest absolute Gasteiger partial charge is 0.243 e. The molecule has 0 unspecified atom stereocenters. The van der Waals surface area contributed by atoms with Crippen LogP contribution in [0.5, 0.6) is 0 Å². The second kappa shape index (κ2) is 8.63. The van der Waals surface area contributed by atoms with Gasteiger partial charge in [0, 0.05) is 29.7 Å². The fourth-order valence-electron chi connectivity index (χ4n) is 4.04. The molecule has 8 heteroatoms. The lowest BCUT2D eigenvalue weighted by molar-refractivity contribution is -0.120. The average molecular weight is 444 g/mol. The molecule has 0 aliphatic carbocycles. The summed E-state index contributed by atoms with van der Waals surface area (Å²) < 4.78 is 0. The number of allylic oxidation sites excluding steroid dienone is 1. The summed E-state index contributed by atoms with van der Waals surface area (Å²) in [6.07, 6.45) is 5.39. The van der Waals surface area contributed by atoms with Gasteiger partial charge in [0.2, 0.25) is 5.91 Å². The van der Waals surface area contributed by atoms with Gasteiger partial charge in [-0.2, -0.15) is 0 Å². The molecule has 1 aliphatic rings. The van der Waals surface area contributed by atoms with E-state index in [1.807, 2.05) is 31.2 Å². The van der Waals surface area contributed by atoms with Gasteiger partial charge in [-0.15, -0.1) is 0 Å². The molecule has 0 saturated heterocycles. The van der Waals surface area contributed by atoms with Crippen LogP contribution < -0.4 is 21.7 Å². The number of benzene rings is 2. The molecule has 2 aromatic carbocycles. The van der Waals surface area contributed by atoms with E-state index in [9.17, 15) is 4.79 Å². The standard InChI is InChI=1S/C25H29N7O/c1-15-10-17(21(27)6-8-26)12-20-22(15)29-14-30-23(20)32-9-7-16-4-5-19(11-18(16)13-32)31-24(33)25(2,3)28/h4-6,8,10-12,14,27H,7,9,13,26,28H2,1-3H3,(H,31,33)/b8-6-,27-21?. The van der Waals surface area contributed by atoms with Crippen LogP contribution in [0.25, 0.3) is 10.9 Å². The van der Waals surface area contributed by atoms with Gasteiger partial charge in [-0.25, -0.2) is 9.97 Å². The third-order valence-corrected chi connectivity index (χ3v) is 5.84. The van der Waals surface area contributed by atoms with Gasteiger partial charge in [0.15, 0.2) is 0 Å². The largest absolute Gasteiger partial charge is 0.405 e. The van der Waals surface area contributed by atoms with E-state index in [0.29, 0.717) is 12.3 Å². The third-order valence-electron chi connectivity index (χ3n) is 5.84. The summed E-state index contributed by atoms with van der Waals surface area (Å²) in [7, 11) is 0. The topological polar surface area (TPSA) is 134 Å². The van der Waals surface area contributed by atoms with Gasteiger partial charge >= 0.3 is 0 Å². The van der Waals surface area contributed by atoms with Crippen LogP contribution in [0, 0.1) is 12.3 Å². The van der Waals surface area contributed by atoms with Crippen LogP contribution in [0.1, 0.15) is 36.1 Å². The zero-order chi connectivity index (χ0) is 23.8. The molecule has 6 N–H and O–H groups in total. The first-order valence-electron chi connectivity index (χ1n) is 10.9. The summed E-state index contributed by atoms with van der Waals surface area (Å²) in [4.78, 5) is 23.6. The van der Waals surface area contributed by atoms with Crippen molar-refractivity contribution < 1.29 is 4.79 Å². The third kappa shape index (κ3) is 4.56. The molecule has 8 nitrogen and oxygen atoms in total. The summed E-state index contributed by atoms with van der Waals surface area (Å²) in [5, 5.41) is 12.1. The van der Waals surface area contributed by atoms with E-state index >= 15 is 0 Å². The Labute approximate surface area is 193 Å². The second-order valence-electron chi connectivity index (χ2n) is 8.99. The number of nitrogens with zero attached hydrogens (tertiary/aromatic N) is 3. The van der Waals surface area contributed by atoms with Crippen LogP contribution >= 0.6 is 0 Å². The highest BCUT2D eigenvalue weighted by atomic mass is 16.2. The van der Waals surface area contributed by atoms with Crippen molar-refractivity contribution in [3.05, 3.63) is 71.2 Å². The molecule has 1 aromatic heterocycles. The fraction of sp³-hybridized carbons (Fsp3) is 0.280. The molecule has 0 fully saturated rings. The Kier molecular flexibility index (Phi) is 5.86. The minimum Gasteiger partial charge on any atom is -0.405 e. The lowest BCUT2D eigenvalue weighted by Gasteiger charge is -2.31. The minimum atomic E-state index is -0.954. The van der Waals surface area contributed by atoms with Gasteiger partial charge in [-0.1, -0.05) is 6.07 Å². The number of aryl methyl sites for hydroxylation is 1. The van der Waals surface area contributed by atoms with Gasteiger partial charge in [0.1, 0.15) is 12.1 Å². The average Bonchev–Trinajstić information content (AvgIpc) is 2.77. The lowest BCUT2D eigenvalue weighted by Crippen LogP contribution is -2.45. The maximum absolute atomic E-state index is 12.3. The van der Waals surface area contributed by atoms with Gasteiger partial charge in [-0.05, 0) is 80.4 Å². The van der Waals surface area contributed by atoms with Crippen molar-refractivity contribution in [3.63, 3.8) is 0 Å². The van der Waals surface area contributed by atoms with Crippen LogP contribution in [-0.2, 0) is 17.8 Å². The first kappa shape index (κ1) is 22.4. The highest BCUT2D eigenvalue weighted by molar-refractivity contribution is 6.09. The number of carbonyl (C=O) groups is 1. The Morgan fingerprint density at radius 3 is 2.73 bits per heavy atom. The summed E-state index contributed by atoms with van der Waals surface area (Å²) >= 11 is 0. The molecular formula is C25H29N7O. The maximum Gasteiger partial charge on any atom is 0.243 e. The van der Waals surface area contributed by atoms with Crippen LogP contribution in [0.3, 0.4) is 0 Å². The predicted octanol–water partition coefficient (Wildman–Crippen LogP) is 3.02. The molecule has 0 spiro atoms. The van der Waals surface area contributed by atoms with Crippen molar-refractivity contribution in [1.29, 1.82) is 5.41 Å². The first-order valence-corrected chi connectivity index (χ1v) is 10.9. The molecule has 0 bridgehead atoms. The summed E-state index contributed by atoms with van der Waals surface area (Å²) in [6.45, 7) is 6.82. The van der Waals surface area contributed by atoms with Gasteiger partial charge < -0.3 is 27.1 Å². The molecule has 0 saturated carbocycles. The first-order chi connectivity index (χ1) is 15.7. The number of anilines is 2. The van der Waals surface area contributed by atoms with E-state index in [1.54, 1.807) is 26.3 Å². The molecule has 170 valence electrons. The minimum absolute atomic E-state index is 0.228. The van der Waals surface area contributed by atoms with Crippen LogP contribution in [0.15, 0.2) is 48.9 Å². The van der Waals surface area contributed by atoms with E-state index in [1.165, 1.54) is 11.8 Å². The number of aromatic nitrogens is 2. The number of fused-ring (bicyclic) bond motifs is 2. The predicted molar refractivity (Wildman–Crippen MR) is 133 cm³/mol. The number of rotatable bonds is 5. The van der Waals surface area contributed by atoms with Crippen molar-refractivity contribution in [2.45, 2.75) is 39.3 Å². The van der Waals surface area contributed by atoms with Gasteiger partial charge in [-0.3, -0.25) is 4.79 Å². The number of nitrogens with one attached hydrogen (secondary N) is 2.